The predicted molar refractivity (Wildman–Crippen MR) is 80.8 cm³/mol. The maximum atomic E-state index is 12.3. The molecule has 0 bridgehead atoms. The summed E-state index contributed by atoms with van der Waals surface area (Å²) in [5.41, 5.74) is 1.40. The Labute approximate surface area is 125 Å². The second-order valence-corrected chi connectivity index (χ2v) is 5.21. The van der Waals surface area contributed by atoms with Crippen LogP contribution >= 0.6 is 0 Å². The van der Waals surface area contributed by atoms with Gasteiger partial charge in [0.25, 0.3) is 0 Å². The number of benzene rings is 1. The summed E-state index contributed by atoms with van der Waals surface area (Å²) in [7, 11) is 0. The normalized spacial score (nSPS) is 13.4. The minimum atomic E-state index is -1.15. The lowest BCUT2D eigenvalue weighted by atomic mass is 9.75. The fourth-order valence-corrected chi connectivity index (χ4v) is 2.62. The fourth-order valence-electron chi connectivity index (χ4n) is 2.62. The first-order valence-electron chi connectivity index (χ1n) is 7.04. The Balaban J connectivity index is 2.52. The molecule has 0 fully saturated rings. The van der Waals surface area contributed by atoms with Crippen molar-refractivity contribution in [1.29, 1.82) is 5.26 Å². The molecular formula is C17H19N3O. The summed E-state index contributed by atoms with van der Waals surface area (Å²) in [6, 6.07) is 13.5. The molecular weight excluding hydrogens is 262 g/mol. The van der Waals surface area contributed by atoms with Crippen LogP contribution < -0.4 is 0 Å². The van der Waals surface area contributed by atoms with Gasteiger partial charge in [-0.05, 0) is 32.4 Å². The Morgan fingerprint density at radius 2 is 2.05 bits per heavy atom. The predicted octanol–water partition coefficient (Wildman–Crippen LogP) is 2.80. The third-order valence-electron chi connectivity index (χ3n) is 3.79. The lowest BCUT2D eigenvalue weighted by Crippen LogP contribution is -2.35. The summed E-state index contributed by atoms with van der Waals surface area (Å²) in [6.45, 7) is 6.12. The molecule has 2 aromatic rings. The van der Waals surface area contributed by atoms with Gasteiger partial charge in [-0.3, -0.25) is 9.48 Å². The molecule has 21 heavy (non-hydrogen) atoms. The number of rotatable bonds is 5. The lowest BCUT2D eigenvalue weighted by molar-refractivity contribution is -0.120. The van der Waals surface area contributed by atoms with Crippen molar-refractivity contribution in [3.05, 3.63) is 53.3 Å². The van der Waals surface area contributed by atoms with Gasteiger partial charge in [0.15, 0.2) is 5.78 Å². The van der Waals surface area contributed by atoms with Crippen LogP contribution in [0.1, 0.15) is 30.8 Å². The van der Waals surface area contributed by atoms with Crippen molar-refractivity contribution in [2.24, 2.45) is 0 Å². The number of aryl methyl sites for hydroxylation is 2. The van der Waals surface area contributed by atoms with Crippen molar-refractivity contribution in [1.82, 2.24) is 9.78 Å². The first kappa shape index (κ1) is 15.0. The van der Waals surface area contributed by atoms with Crippen LogP contribution in [0, 0.1) is 18.3 Å². The number of nitriles is 1. The monoisotopic (exact) mass is 281 g/mol. The zero-order valence-electron chi connectivity index (χ0n) is 12.6. The highest BCUT2D eigenvalue weighted by Gasteiger charge is 2.38. The quantitative estimate of drug-likeness (QED) is 0.846. The number of aromatic nitrogens is 2. The zero-order valence-corrected chi connectivity index (χ0v) is 12.6. The van der Waals surface area contributed by atoms with Gasteiger partial charge in [-0.15, -0.1) is 0 Å². The van der Waals surface area contributed by atoms with E-state index in [4.69, 9.17) is 0 Å². The zero-order chi connectivity index (χ0) is 15.5. The van der Waals surface area contributed by atoms with Crippen molar-refractivity contribution in [3.63, 3.8) is 0 Å². The van der Waals surface area contributed by atoms with E-state index in [1.807, 2.05) is 54.9 Å². The third kappa shape index (κ3) is 2.73. The highest BCUT2D eigenvalue weighted by Crippen LogP contribution is 2.29. The SMILES string of the molecule is CCn1nc(C)cc1CC(C#N)(C(C)=O)c1ccccc1. The Morgan fingerprint density at radius 3 is 2.57 bits per heavy atom. The van der Waals surface area contributed by atoms with Gasteiger partial charge < -0.3 is 0 Å². The molecule has 0 saturated carbocycles. The number of hydrogen-bond acceptors (Lipinski definition) is 3. The van der Waals surface area contributed by atoms with E-state index in [0.717, 1.165) is 23.5 Å². The first-order chi connectivity index (χ1) is 10.0. The van der Waals surface area contributed by atoms with Crippen molar-refractivity contribution >= 4 is 5.78 Å². The van der Waals surface area contributed by atoms with Gasteiger partial charge in [0.1, 0.15) is 5.41 Å². The van der Waals surface area contributed by atoms with Gasteiger partial charge >= 0.3 is 0 Å². The highest BCUT2D eigenvalue weighted by molar-refractivity contribution is 5.91. The lowest BCUT2D eigenvalue weighted by Gasteiger charge is -2.24. The molecule has 0 spiro atoms. The molecule has 0 aliphatic heterocycles. The first-order valence-corrected chi connectivity index (χ1v) is 7.04. The molecule has 0 saturated heterocycles. The van der Waals surface area contributed by atoms with E-state index in [0.29, 0.717) is 6.42 Å². The van der Waals surface area contributed by atoms with E-state index in [-0.39, 0.29) is 5.78 Å². The summed E-state index contributed by atoms with van der Waals surface area (Å²) in [5.74, 6) is -0.141. The van der Waals surface area contributed by atoms with Crippen LogP contribution in [0.15, 0.2) is 36.4 Å². The number of nitrogens with zero attached hydrogens (tertiary/aromatic N) is 3. The summed E-state index contributed by atoms with van der Waals surface area (Å²) in [6.07, 6.45) is 0.345. The Bertz CT molecular complexity index is 682. The van der Waals surface area contributed by atoms with Crippen molar-refractivity contribution in [2.75, 3.05) is 0 Å². The molecule has 2 rings (SSSR count). The van der Waals surface area contributed by atoms with Crippen LogP contribution in [0.3, 0.4) is 0 Å². The van der Waals surface area contributed by atoms with Crippen LogP contribution in [0.5, 0.6) is 0 Å². The Morgan fingerprint density at radius 1 is 1.38 bits per heavy atom. The molecule has 4 nitrogen and oxygen atoms in total. The molecule has 1 heterocycles. The maximum Gasteiger partial charge on any atom is 0.154 e. The fraction of sp³-hybridized carbons (Fsp3) is 0.353. The molecule has 0 N–H and O–H groups in total. The van der Waals surface area contributed by atoms with Crippen LogP contribution in [0.2, 0.25) is 0 Å². The van der Waals surface area contributed by atoms with Gasteiger partial charge in [-0.2, -0.15) is 10.4 Å². The highest BCUT2D eigenvalue weighted by atomic mass is 16.1. The molecule has 0 aliphatic carbocycles. The molecule has 4 heteroatoms. The average Bonchev–Trinajstić information content (AvgIpc) is 2.85. The van der Waals surface area contributed by atoms with Crippen molar-refractivity contribution < 1.29 is 4.79 Å². The van der Waals surface area contributed by atoms with Crippen LogP contribution in [0.25, 0.3) is 0 Å². The summed E-state index contributed by atoms with van der Waals surface area (Å²) in [4.78, 5) is 12.3. The van der Waals surface area contributed by atoms with Gasteiger partial charge in [-0.25, -0.2) is 0 Å². The summed E-state index contributed by atoms with van der Waals surface area (Å²) >= 11 is 0. The molecule has 1 aromatic carbocycles. The molecule has 0 amide bonds. The van der Waals surface area contributed by atoms with Crippen LogP contribution in [-0.4, -0.2) is 15.6 Å². The smallest absolute Gasteiger partial charge is 0.154 e. The minimum absolute atomic E-state index is 0.141. The van der Waals surface area contributed by atoms with Crippen molar-refractivity contribution in [3.8, 4) is 6.07 Å². The number of carbonyl (C=O) groups excluding carboxylic acids is 1. The van der Waals surface area contributed by atoms with Gasteiger partial charge in [0, 0.05) is 18.7 Å². The van der Waals surface area contributed by atoms with E-state index in [9.17, 15) is 10.1 Å². The van der Waals surface area contributed by atoms with E-state index in [1.165, 1.54) is 6.92 Å². The minimum Gasteiger partial charge on any atom is -0.298 e. The third-order valence-corrected chi connectivity index (χ3v) is 3.79. The topological polar surface area (TPSA) is 58.7 Å². The van der Waals surface area contributed by atoms with E-state index < -0.39 is 5.41 Å². The molecule has 108 valence electrons. The van der Waals surface area contributed by atoms with Gasteiger partial charge in [0.05, 0.1) is 11.8 Å². The van der Waals surface area contributed by atoms with Gasteiger partial charge in [-0.1, -0.05) is 30.3 Å². The molecule has 1 atom stereocenters. The molecule has 1 unspecified atom stereocenters. The van der Waals surface area contributed by atoms with E-state index in [1.54, 1.807) is 0 Å². The Kier molecular flexibility index (Phi) is 4.23. The number of hydrogen-bond donors (Lipinski definition) is 0. The average molecular weight is 281 g/mol. The van der Waals surface area contributed by atoms with Gasteiger partial charge in [0.2, 0.25) is 0 Å². The Hall–Kier alpha value is -2.41. The number of ketones is 1. The van der Waals surface area contributed by atoms with E-state index >= 15 is 0 Å². The summed E-state index contributed by atoms with van der Waals surface area (Å²) in [5, 5.41) is 14.1. The van der Waals surface area contributed by atoms with Crippen LogP contribution in [0.4, 0.5) is 0 Å². The number of Topliss-reactive ketones (excluding diaryl/α,β-unsaturated/α-hetero) is 1. The second-order valence-electron chi connectivity index (χ2n) is 5.21. The number of carbonyl (C=O) groups is 1. The molecule has 0 aliphatic rings. The second kappa shape index (κ2) is 5.92. The summed E-state index contributed by atoms with van der Waals surface area (Å²) < 4.78 is 1.85. The van der Waals surface area contributed by atoms with E-state index in [2.05, 4.69) is 11.2 Å². The standard InChI is InChI=1S/C17H19N3O/c1-4-20-16(10-13(2)19-20)11-17(12-18,14(3)21)15-8-6-5-7-9-15/h5-10H,4,11H2,1-3H3. The van der Waals surface area contributed by atoms with Crippen LogP contribution in [-0.2, 0) is 23.2 Å². The van der Waals surface area contributed by atoms with Crippen molar-refractivity contribution in [2.45, 2.75) is 39.2 Å². The largest absolute Gasteiger partial charge is 0.298 e. The molecule has 1 aromatic heterocycles. The maximum absolute atomic E-state index is 12.3. The molecule has 0 radical (unpaired) electrons.